The third-order valence-electron chi connectivity index (χ3n) is 1.50. The smallest absolute Gasteiger partial charge is 0.129 e. The molecular weight excluding hydrogens is 112 g/mol. The van der Waals surface area contributed by atoms with Gasteiger partial charge >= 0.3 is 0 Å². The standard InChI is InChI=1S/C8H7O/c1-2-4-8-7(3-1)5-6-9-8/h1-2,4-6H,3H2. The molecule has 1 heteroatoms. The SMILES string of the molecule is [CH]1C=Cc2occc2C1. The highest BCUT2D eigenvalue weighted by Crippen LogP contribution is 2.18. The maximum absolute atomic E-state index is 5.15. The van der Waals surface area contributed by atoms with Crippen molar-refractivity contribution in [2.45, 2.75) is 6.42 Å². The van der Waals surface area contributed by atoms with Crippen LogP contribution in [0.25, 0.3) is 6.08 Å². The van der Waals surface area contributed by atoms with Crippen LogP contribution in [0.2, 0.25) is 0 Å². The lowest BCUT2D eigenvalue weighted by Crippen LogP contribution is -1.88. The van der Waals surface area contributed by atoms with Crippen molar-refractivity contribution >= 4 is 6.08 Å². The minimum Gasteiger partial charge on any atom is -0.465 e. The summed E-state index contributed by atoms with van der Waals surface area (Å²) in [5.41, 5.74) is 1.29. The van der Waals surface area contributed by atoms with Crippen LogP contribution in [-0.4, -0.2) is 0 Å². The van der Waals surface area contributed by atoms with Crippen molar-refractivity contribution in [2.24, 2.45) is 0 Å². The van der Waals surface area contributed by atoms with Gasteiger partial charge in [0.1, 0.15) is 5.76 Å². The summed E-state index contributed by atoms with van der Waals surface area (Å²) in [6.07, 6.45) is 8.87. The van der Waals surface area contributed by atoms with Gasteiger partial charge in [-0.15, -0.1) is 0 Å². The van der Waals surface area contributed by atoms with Crippen LogP contribution in [0.15, 0.2) is 22.8 Å². The van der Waals surface area contributed by atoms with Gasteiger partial charge in [0.25, 0.3) is 0 Å². The summed E-state index contributed by atoms with van der Waals surface area (Å²) in [6, 6.07) is 2.01. The monoisotopic (exact) mass is 119 g/mol. The zero-order valence-corrected chi connectivity index (χ0v) is 5.00. The molecule has 45 valence electrons. The quantitative estimate of drug-likeness (QED) is 0.509. The third-order valence-corrected chi connectivity index (χ3v) is 1.50. The predicted octanol–water partition coefficient (Wildman–Crippen LogP) is 2.05. The molecule has 2 rings (SSSR count). The highest BCUT2D eigenvalue weighted by molar-refractivity contribution is 5.52. The van der Waals surface area contributed by atoms with Crippen molar-refractivity contribution in [1.29, 1.82) is 0 Å². The largest absolute Gasteiger partial charge is 0.465 e. The second kappa shape index (κ2) is 1.76. The van der Waals surface area contributed by atoms with E-state index < -0.39 is 0 Å². The molecule has 9 heavy (non-hydrogen) atoms. The lowest BCUT2D eigenvalue weighted by molar-refractivity contribution is 0.553. The average molecular weight is 119 g/mol. The summed E-state index contributed by atoms with van der Waals surface area (Å²) in [5, 5.41) is 0. The van der Waals surface area contributed by atoms with Crippen LogP contribution >= 0.6 is 0 Å². The van der Waals surface area contributed by atoms with Gasteiger partial charge in [0.15, 0.2) is 0 Å². The van der Waals surface area contributed by atoms with Crippen molar-refractivity contribution in [1.82, 2.24) is 0 Å². The first-order valence-corrected chi connectivity index (χ1v) is 3.03. The number of rotatable bonds is 0. The van der Waals surface area contributed by atoms with Crippen molar-refractivity contribution in [3.05, 3.63) is 36.2 Å². The summed E-state index contributed by atoms with van der Waals surface area (Å²) < 4.78 is 5.15. The number of fused-ring (bicyclic) bond motifs is 1. The summed E-state index contributed by atoms with van der Waals surface area (Å²) in [7, 11) is 0. The summed E-state index contributed by atoms with van der Waals surface area (Å²) in [5.74, 6) is 1.01. The lowest BCUT2D eigenvalue weighted by atomic mass is 10.1. The number of hydrogen-bond acceptors (Lipinski definition) is 1. The zero-order chi connectivity index (χ0) is 6.10. The minimum atomic E-state index is 1.01. The molecule has 0 bridgehead atoms. The fraction of sp³-hybridized carbons (Fsp3) is 0.125. The van der Waals surface area contributed by atoms with E-state index >= 15 is 0 Å². The molecule has 0 saturated carbocycles. The maximum atomic E-state index is 5.15. The van der Waals surface area contributed by atoms with Gasteiger partial charge in [-0.3, -0.25) is 0 Å². The molecule has 0 spiro atoms. The molecule has 0 unspecified atom stereocenters. The summed E-state index contributed by atoms with van der Waals surface area (Å²) >= 11 is 0. The first-order valence-electron chi connectivity index (χ1n) is 3.03. The van der Waals surface area contributed by atoms with Crippen molar-refractivity contribution in [3.8, 4) is 0 Å². The van der Waals surface area contributed by atoms with Gasteiger partial charge in [0, 0.05) is 0 Å². The predicted molar refractivity (Wildman–Crippen MR) is 35.7 cm³/mol. The Morgan fingerprint density at radius 3 is 3.33 bits per heavy atom. The molecule has 0 atom stereocenters. The van der Waals surface area contributed by atoms with E-state index in [1.54, 1.807) is 6.26 Å². The Bertz CT molecular complexity index is 232. The van der Waals surface area contributed by atoms with E-state index in [-0.39, 0.29) is 0 Å². The first kappa shape index (κ1) is 4.86. The zero-order valence-electron chi connectivity index (χ0n) is 5.00. The van der Waals surface area contributed by atoms with E-state index in [1.165, 1.54) is 5.56 Å². The van der Waals surface area contributed by atoms with Gasteiger partial charge in [-0.25, -0.2) is 0 Å². The highest BCUT2D eigenvalue weighted by atomic mass is 16.3. The maximum Gasteiger partial charge on any atom is 0.129 e. The third kappa shape index (κ3) is 0.689. The number of hydrogen-bond donors (Lipinski definition) is 0. The Kier molecular flexibility index (Phi) is 0.950. The molecule has 0 amide bonds. The summed E-state index contributed by atoms with van der Waals surface area (Å²) in [4.78, 5) is 0. The molecule has 1 radical (unpaired) electrons. The molecule has 0 fully saturated rings. The van der Waals surface area contributed by atoms with Gasteiger partial charge in [0.05, 0.1) is 6.26 Å². The molecule has 0 saturated heterocycles. The highest BCUT2D eigenvalue weighted by Gasteiger charge is 2.04. The Hall–Kier alpha value is -0.980. The number of furan rings is 1. The molecule has 1 aromatic rings. The fourth-order valence-corrected chi connectivity index (χ4v) is 1.01. The summed E-state index contributed by atoms with van der Waals surface area (Å²) in [6.45, 7) is 0. The normalized spacial score (nSPS) is 15.6. The van der Waals surface area contributed by atoms with E-state index in [1.807, 2.05) is 18.2 Å². The van der Waals surface area contributed by atoms with E-state index in [2.05, 4.69) is 6.42 Å². The van der Waals surface area contributed by atoms with Gasteiger partial charge in [-0.1, -0.05) is 6.08 Å². The molecular formula is C8H7O. The molecule has 1 nitrogen and oxygen atoms in total. The topological polar surface area (TPSA) is 13.1 Å². The molecule has 1 aliphatic rings. The number of allylic oxidation sites excluding steroid dienone is 1. The molecule has 0 aromatic carbocycles. The Morgan fingerprint density at radius 2 is 2.44 bits per heavy atom. The Balaban J connectivity index is 2.53. The average Bonchev–Trinajstić information content (AvgIpc) is 2.33. The lowest BCUT2D eigenvalue weighted by Gasteiger charge is -1.99. The van der Waals surface area contributed by atoms with Gasteiger partial charge in [-0.2, -0.15) is 0 Å². The van der Waals surface area contributed by atoms with Crippen molar-refractivity contribution in [3.63, 3.8) is 0 Å². The molecule has 1 aromatic heterocycles. The minimum absolute atomic E-state index is 1.01. The van der Waals surface area contributed by atoms with Crippen LogP contribution in [0.4, 0.5) is 0 Å². The van der Waals surface area contributed by atoms with Crippen LogP contribution in [0.3, 0.4) is 0 Å². The fourth-order valence-electron chi connectivity index (χ4n) is 1.01. The van der Waals surface area contributed by atoms with Crippen molar-refractivity contribution < 1.29 is 4.42 Å². The molecule has 0 N–H and O–H groups in total. The first-order chi connectivity index (χ1) is 4.47. The van der Waals surface area contributed by atoms with E-state index in [0.29, 0.717) is 0 Å². The Morgan fingerprint density at radius 1 is 1.44 bits per heavy atom. The van der Waals surface area contributed by atoms with E-state index in [9.17, 15) is 0 Å². The van der Waals surface area contributed by atoms with Crippen LogP contribution in [0.1, 0.15) is 11.3 Å². The van der Waals surface area contributed by atoms with Gasteiger partial charge < -0.3 is 4.42 Å². The molecule has 1 aliphatic carbocycles. The van der Waals surface area contributed by atoms with Crippen LogP contribution < -0.4 is 0 Å². The van der Waals surface area contributed by atoms with Crippen LogP contribution in [-0.2, 0) is 6.42 Å². The van der Waals surface area contributed by atoms with Gasteiger partial charge in [-0.05, 0) is 30.5 Å². The Labute approximate surface area is 54.0 Å². The van der Waals surface area contributed by atoms with Crippen LogP contribution in [0, 0.1) is 6.42 Å². The molecule has 0 aliphatic heterocycles. The second-order valence-corrected chi connectivity index (χ2v) is 2.11. The molecule has 1 heterocycles. The van der Waals surface area contributed by atoms with Gasteiger partial charge in [0.2, 0.25) is 0 Å². The van der Waals surface area contributed by atoms with Crippen molar-refractivity contribution in [2.75, 3.05) is 0 Å². The second-order valence-electron chi connectivity index (χ2n) is 2.11. The van der Waals surface area contributed by atoms with E-state index in [0.717, 1.165) is 12.2 Å². The van der Waals surface area contributed by atoms with E-state index in [4.69, 9.17) is 4.42 Å². The van der Waals surface area contributed by atoms with Crippen LogP contribution in [0.5, 0.6) is 0 Å².